The number of anilines is 2. The Hall–Kier alpha value is -3.39. The second-order valence-corrected chi connectivity index (χ2v) is 7.21. The summed E-state index contributed by atoms with van der Waals surface area (Å²) < 4.78 is 5.49. The Morgan fingerprint density at radius 3 is 2.65 bits per heavy atom. The van der Waals surface area contributed by atoms with E-state index in [1.165, 1.54) is 7.05 Å². The van der Waals surface area contributed by atoms with E-state index in [0.717, 1.165) is 40.5 Å². The monoisotopic (exact) mass is 425 g/mol. The SMILES string of the molecule is Cc1cccc(N2CCOCC2)c1-c1ccccc1NC(=O)ON(C)C(=O)CCC=O. The molecule has 2 aromatic rings. The number of para-hydroxylation sites is 1. The molecule has 0 unspecified atom stereocenters. The number of hydroxylamine groups is 2. The summed E-state index contributed by atoms with van der Waals surface area (Å²) in [5.74, 6) is -0.455. The highest BCUT2D eigenvalue weighted by molar-refractivity contribution is 5.95. The molecule has 1 saturated heterocycles. The quantitative estimate of drug-likeness (QED) is 0.564. The minimum absolute atomic E-state index is 0.0179. The van der Waals surface area contributed by atoms with Gasteiger partial charge < -0.3 is 19.3 Å². The van der Waals surface area contributed by atoms with Crippen LogP contribution in [0.3, 0.4) is 0 Å². The molecular weight excluding hydrogens is 398 g/mol. The van der Waals surface area contributed by atoms with Gasteiger partial charge >= 0.3 is 6.09 Å². The zero-order valence-electron chi connectivity index (χ0n) is 17.8. The number of carbonyl (C=O) groups excluding carboxylic acids is 3. The lowest BCUT2D eigenvalue weighted by Gasteiger charge is -2.31. The van der Waals surface area contributed by atoms with Gasteiger partial charge in [-0.05, 0) is 24.6 Å². The zero-order chi connectivity index (χ0) is 22.2. The lowest BCUT2D eigenvalue weighted by atomic mass is 9.96. The fraction of sp³-hybridized carbons (Fsp3) is 0.348. The van der Waals surface area contributed by atoms with Crippen LogP contribution in [0.4, 0.5) is 16.2 Å². The third kappa shape index (κ3) is 5.61. The van der Waals surface area contributed by atoms with Gasteiger partial charge in [0.05, 0.1) is 18.9 Å². The number of nitrogens with zero attached hydrogens (tertiary/aromatic N) is 2. The molecule has 2 amide bonds. The highest BCUT2D eigenvalue weighted by atomic mass is 16.7. The number of morpholine rings is 1. The van der Waals surface area contributed by atoms with Gasteiger partial charge in [0.2, 0.25) is 0 Å². The number of nitrogens with one attached hydrogen (secondary N) is 1. The van der Waals surface area contributed by atoms with Crippen LogP contribution in [0.1, 0.15) is 18.4 Å². The Morgan fingerprint density at radius 1 is 1.16 bits per heavy atom. The predicted octanol–water partition coefficient (Wildman–Crippen LogP) is 3.40. The number of hydrogen-bond donors (Lipinski definition) is 1. The normalized spacial score (nSPS) is 13.4. The van der Waals surface area contributed by atoms with Gasteiger partial charge in [0.1, 0.15) is 6.29 Å². The molecule has 1 heterocycles. The third-order valence-corrected chi connectivity index (χ3v) is 5.08. The fourth-order valence-electron chi connectivity index (χ4n) is 3.53. The standard InChI is InChI=1S/C23H27N3O5/c1-17-7-5-10-20(26-12-15-30-16-13-26)22(17)18-8-3-4-9-19(18)24-23(29)31-25(2)21(28)11-6-14-27/h3-5,7-10,14H,6,11-13,15-16H2,1-2H3,(H,24,29). The van der Waals surface area contributed by atoms with Crippen LogP contribution in [-0.4, -0.2) is 56.7 Å². The van der Waals surface area contributed by atoms with E-state index in [9.17, 15) is 14.4 Å². The number of rotatable bonds is 6. The van der Waals surface area contributed by atoms with Crippen LogP contribution in [0.5, 0.6) is 0 Å². The minimum Gasteiger partial charge on any atom is -0.378 e. The highest BCUT2D eigenvalue weighted by Crippen LogP contribution is 2.38. The molecule has 0 radical (unpaired) electrons. The van der Waals surface area contributed by atoms with E-state index in [2.05, 4.69) is 16.3 Å². The summed E-state index contributed by atoms with van der Waals surface area (Å²) in [6.45, 7) is 4.96. The number of amides is 2. The molecule has 0 spiro atoms. The van der Waals surface area contributed by atoms with E-state index in [-0.39, 0.29) is 12.8 Å². The number of hydrogen-bond acceptors (Lipinski definition) is 6. The zero-order valence-corrected chi connectivity index (χ0v) is 17.8. The molecular formula is C23H27N3O5. The average Bonchev–Trinajstić information content (AvgIpc) is 2.78. The van der Waals surface area contributed by atoms with Gasteiger partial charge in [0, 0.05) is 49.8 Å². The first kappa shape index (κ1) is 22.3. The Morgan fingerprint density at radius 2 is 1.90 bits per heavy atom. The van der Waals surface area contributed by atoms with Crippen LogP contribution >= 0.6 is 0 Å². The Labute approximate surface area is 181 Å². The first-order valence-corrected chi connectivity index (χ1v) is 10.2. The van der Waals surface area contributed by atoms with Gasteiger partial charge in [-0.1, -0.05) is 30.3 Å². The lowest BCUT2D eigenvalue weighted by Crippen LogP contribution is -2.36. The molecule has 31 heavy (non-hydrogen) atoms. The van der Waals surface area contributed by atoms with Crippen molar-refractivity contribution in [2.75, 3.05) is 43.6 Å². The number of carbonyl (C=O) groups is 3. The van der Waals surface area contributed by atoms with Crippen molar-refractivity contribution in [1.29, 1.82) is 0 Å². The number of ether oxygens (including phenoxy) is 1. The Balaban J connectivity index is 1.84. The van der Waals surface area contributed by atoms with Crippen molar-refractivity contribution >= 4 is 29.7 Å². The van der Waals surface area contributed by atoms with E-state index in [1.54, 1.807) is 6.07 Å². The van der Waals surface area contributed by atoms with Crippen molar-refractivity contribution in [3.63, 3.8) is 0 Å². The molecule has 2 aromatic carbocycles. The smallest absolute Gasteiger partial charge is 0.378 e. The van der Waals surface area contributed by atoms with Crippen molar-refractivity contribution in [3.8, 4) is 11.1 Å². The molecule has 164 valence electrons. The van der Waals surface area contributed by atoms with Crippen molar-refractivity contribution in [2.45, 2.75) is 19.8 Å². The van der Waals surface area contributed by atoms with Gasteiger partial charge in [0.15, 0.2) is 0 Å². The number of aldehydes is 1. The molecule has 3 rings (SSSR count). The van der Waals surface area contributed by atoms with Gasteiger partial charge in [-0.3, -0.25) is 10.1 Å². The van der Waals surface area contributed by atoms with E-state index < -0.39 is 12.0 Å². The summed E-state index contributed by atoms with van der Waals surface area (Å²) in [6.07, 6.45) is -0.0724. The van der Waals surface area contributed by atoms with Gasteiger partial charge in [-0.25, -0.2) is 4.79 Å². The third-order valence-electron chi connectivity index (χ3n) is 5.08. The van der Waals surface area contributed by atoms with Crippen molar-refractivity contribution in [2.24, 2.45) is 0 Å². The van der Waals surface area contributed by atoms with E-state index in [1.807, 2.05) is 37.3 Å². The maximum Gasteiger partial charge on any atom is 0.436 e. The van der Waals surface area contributed by atoms with Crippen LogP contribution in [0.15, 0.2) is 42.5 Å². The first-order valence-electron chi connectivity index (χ1n) is 10.2. The van der Waals surface area contributed by atoms with Crippen LogP contribution in [0.25, 0.3) is 11.1 Å². The lowest BCUT2D eigenvalue weighted by molar-refractivity contribution is -0.159. The second-order valence-electron chi connectivity index (χ2n) is 7.21. The summed E-state index contributed by atoms with van der Waals surface area (Å²) >= 11 is 0. The molecule has 0 aromatic heterocycles. The molecule has 0 bridgehead atoms. The van der Waals surface area contributed by atoms with Crippen LogP contribution in [0.2, 0.25) is 0 Å². The maximum absolute atomic E-state index is 12.4. The van der Waals surface area contributed by atoms with Gasteiger partial charge in [-0.15, -0.1) is 0 Å². The van der Waals surface area contributed by atoms with Crippen molar-refractivity contribution in [1.82, 2.24) is 5.06 Å². The van der Waals surface area contributed by atoms with Crippen LogP contribution in [-0.2, 0) is 19.2 Å². The Bertz CT molecular complexity index is 941. The largest absolute Gasteiger partial charge is 0.436 e. The first-order chi connectivity index (χ1) is 15.0. The molecule has 1 aliphatic rings. The summed E-state index contributed by atoms with van der Waals surface area (Å²) in [5, 5.41) is 3.58. The Kier molecular flexibility index (Phi) is 7.61. The van der Waals surface area contributed by atoms with Gasteiger partial charge in [-0.2, -0.15) is 5.06 Å². The minimum atomic E-state index is -0.782. The summed E-state index contributed by atoms with van der Waals surface area (Å²) in [5.41, 5.74) is 4.61. The summed E-state index contributed by atoms with van der Waals surface area (Å²) in [4.78, 5) is 42.1. The van der Waals surface area contributed by atoms with Crippen LogP contribution < -0.4 is 10.2 Å². The number of benzene rings is 2. The second kappa shape index (κ2) is 10.6. The molecule has 0 atom stereocenters. The molecule has 1 N–H and O–H groups in total. The van der Waals surface area contributed by atoms with Crippen LogP contribution in [0, 0.1) is 6.92 Å². The molecule has 0 aliphatic carbocycles. The van der Waals surface area contributed by atoms with E-state index in [4.69, 9.17) is 9.57 Å². The average molecular weight is 425 g/mol. The maximum atomic E-state index is 12.4. The number of aryl methyl sites for hydroxylation is 1. The molecule has 8 nitrogen and oxygen atoms in total. The topological polar surface area (TPSA) is 88.2 Å². The van der Waals surface area contributed by atoms with Crippen molar-refractivity contribution < 1.29 is 24.0 Å². The predicted molar refractivity (Wildman–Crippen MR) is 118 cm³/mol. The summed E-state index contributed by atoms with van der Waals surface area (Å²) in [6, 6.07) is 13.6. The molecule has 0 saturated carbocycles. The van der Waals surface area contributed by atoms with E-state index >= 15 is 0 Å². The fourth-order valence-corrected chi connectivity index (χ4v) is 3.53. The molecule has 8 heteroatoms. The van der Waals surface area contributed by atoms with E-state index in [0.29, 0.717) is 25.2 Å². The van der Waals surface area contributed by atoms with Crippen molar-refractivity contribution in [3.05, 3.63) is 48.0 Å². The highest BCUT2D eigenvalue weighted by Gasteiger charge is 2.20. The molecule has 1 aliphatic heterocycles. The molecule has 1 fully saturated rings. The summed E-state index contributed by atoms with van der Waals surface area (Å²) in [7, 11) is 1.34. The van der Waals surface area contributed by atoms with Gasteiger partial charge in [0.25, 0.3) is 5.91 Å².